The zero-order valence-corrected chi connectivity index (χ0v) is 27.0. The van der Waals surface area contributed by atoms with Crippen molar-refractivity contribution in [2.45, 2.75) is 111 Å². The number of amidine groups is 1. The molecule has 4 rings (SSSR count). The van der Waals surface area contributed by atoms with Gasteiger partial charge in [0.2, 0.25) is 0 Å². The van der Waals surface area contributed by atoms with E-state index in [1.165, 1.54) is 63.4 Å². The predicted octanol–water partition coefficient (Wildman–Crippen LogP) is 9.57. The van der Waals surface area contributed by atoms with E-state index >= 15 is 0 Å². The second-order valence-electron chi connectivity index (χ2n) is 12.3. The van der Waals surface area contributed by atoms with Crippen molar-refractivity contribution in [1.82, 2.24) is 10.6 Å². The number of aryl methyl sites for hydroxylation is 4. The lowest BCUT2D eigenvalue weighted by molar-refractivity contribution is 0.230. The number of amides is 2. The van der Waals surface area contributed by atoms with Crippen molar-refractivity contribution < 1.29 is 9.53 Å². The van der Waals surface area contributed by atoms with Gasteiger partial charge < -0.3 is 10.1 Å². The van der Waals surface area contributed by atoms with Gasteiger partial charge in [-0.2, -0.15) is 0 Å². The Balaban J connectivity index is 1.54. The molecular formula is C38H51N3O2. The molecule has 3 aromatic rings. The molecule has 230 valence electrons. The third kappa shape index (κ3) is 8.49. The maximum atomic E-state index is 13.4. The number of carbonyl (C=O) groups excluding carboxylic acids is 1. The van der Waals surface area contributed by atoms with Crippen molar-refractivity contribution in [3.8, 4) is 5.75 Å². The van der Waals surface area contributed by atoms with Gasteiger partial charge >= 0.3 is 6.03 Å². The molecule has 43 heavy (non-hydrogen) atoms. The molecule has 0 radical (unpaired) electrons. The van der Waals surface area contributed by atoms with Crippen molar-refractivity contribution in [2.24, 2.45) is 4.99 Å². The first kappa shape index (κ1) is 32.3. The average molecular weight is 582 g/mol. The van der Waals surface area contributed by atoms with Crippen molar-refractivity contribution in [1.29, 1.82) is 0 Å². The number of benzene rings is 3. The minimum Gasteiger partial charge on any atom is -0.493 e. The molecule has 0 saturated carbocycles. The number of unbranched alkanes of at least 4 members (excludes halogenated alkanes) is 10. The Kier molecular flexibility index (Phi) is 11.8. The fourth-order valence-electron chi connectivity index (χ4n) is 6.19. The van der Waals surface area contributed by atoms with E-state index in [9.17, 15) is 4.79 Å². The van der Waals surface area contributed by atoms with Crippen molar-refractivity contribution >= 4 is 11.9 Å². The summed E-state index contributed by atoms with van der Waals surface area (Å²) in [5, 5.41) is 6.21. The zero-order chi connectivity index (χ0) is 30.7. The Hall–Kier alpha value is -3.60. The van der Waals surface area contributed by atoms with Gasteiger partial charge in [-0.25, -0.2) is 9.79 Å². The monoisotopic (exact) mass is 581 g/mol. The van der Waals surface area contributed by atoms with Crippen molar-refractivity contribution in [2.75, 3.05) is 6.61 Å². The molecule has 1 aliphatic rings. The highest BCUT2D eigenvalue weighted by Crippen LogP contribution is 2.40. The fraction of sp³-hybridized carbons (Fsp3) is 0.474. The molecule has 0 aromatic heterocycles. The molecular weight excluding hydrogens is 530 g/mol. The number of aliphatic imine (C=N–C) groups is 1. The lowest BCUT2D eigenvalue weighted by Crippen LogP contribution is -2.57. The van der Waals surface area contributed by atoms with Crippen LogP contribution in [0.5, 0.6) is 5.75 Å². The summed E-state index contributed by atoms with van der Waals surface area (Å²) in [5.74, 6) is 1.31. The summed E-state index contributed by atoms with van der Waals surface area (Å²) in [4.78, 5) is 18.7. The molecule has 0 saturated heterocycles. The second kappa shape index (κ2) is 15.7. The quantitative estimate of drug-likeness (QED) is 0.165. The standard InChI is InChI=1S/C38H51N3O2/c1-6-7-8-9-10-11-12-13-14-15-18-25-43-35-20-17-16-19-34(35)38(33-24-22-29(3)27-31(33)5)40-36(39-37(42)41-38)32-23-21-28(2)26-30(32)4/h16-17,19-24,26-27H,6-15,18,25H2,1-5H3,(H2,39,40,41,42). The number of nitrogens with one attached hydrogen (secondary N) is 2. The summed E-state index contributed by atoms with van der Waals surface area (Å²) in [6.45, 7) is 11.2. The van der Waals surface area contributed by atoms with E-state index in [4.69, 9.17) is 9.73 Å². The number of hydrogen-bond acceptors (Lipinski definition) is 3. The number of urea groups is 1. The lowest BCUT2D eigenvalue weighted by Gasteiger charge is -2.38. The number of carbonyl (C=O) groups is 1. The van der Waals surface area contributed by atoms with Gasteiger partial charge in [0, 0.05) is 16.7 Å². The van der Waals surface area contributed by atoms with Crippen LogP contribution < -0.4 is 15.4 Å². The first-order valence-electron chi connectivity index (χ1n) is 16.4. The average Bonchev–Trinajstić information content (AvgIpc) is 2.97. The maximum Gasteiger partial charge on any atom is 0.322 e. The van der Waals surface area contributed by atoms with Gasteiger partial charge in [-0.3, -0.25) is 5.32 Å². The van der Waals surface area contributed by atoms with Gasteiger partial charge in [0.15, 0.2) is 5.66 Å². The normalized spacial score (nSPS) is 16.4. The largest absolute Gasteiger partial charge is 0.493 e. The summed E-state index contributed by atoms with van der Waals surface area (Å²) in [6.07, 6.45) is 14.2. The van der Waals surface area contributed by atoms with Crippen molar-refractivity contribution in [3.63, 3.8) is 0 Å². The van der Waals surface area contributed by atoms with Crippen LogP contribution in [-0.2, 0) is 5.66 Å². The summed E-state index contributed by atoms with van der Waals surface area (Å²) >= 11 is 0. The Morgan fingerprint density at radius 2 is 1.30 bits per heavy atom. The van der Waals surface area contributed by atoms with E-state index < -0.39 is 5.66 Å². The van der Waals surface area contributed by atoms with Crippen LogP contribution in [0.15, 0.2) is 65.7 Å². The molecule has 2 amide bonds. The molecule has 5 heteroatoms. The minimum atomic E-state index is -1.14. The number of rotatable bonds is 16. The summed E-state index contributed by atoms with van der Waals surface area (Å²) in [5.41, 5.74) is 6.00. The minimum absolute atomic E-state index is 0.287. The highest BCUT2D eigenvalue weighted by Gasteiger charge is 2.43. The number of hydrogen-bond donors (Lipinski definition) is 2. The lowest BCUT2D eigenvalue weighted by atomic mass is 9.86. The topological polar surface area (TPSA) is 62.7 Å². The van der Waals surface area contributed by atoms with Gasteiger partial charge in [-0.15, -0.1) is 0 Å². The summed E-state index contributed by atoms with van der Waals surface area (Å²) in [6, 6.07) is 20.3. The van der Waals surface area contributed by atoms with Crippen LogP contribution in [0.25, 0.3) is 0 Å². The molecule has 1 atom stereocenters. The van der Waals surface area contributed by atoms with Crippen LogP contribution in [0.1, 0.15) is 116 Å². The molecule has 1 unspecified atom stereocenters. The van der Waals surface area contributed by atoms with Gasteiger partial charge in [-0.05, 0) is 51.3 Å². The third-order valence-corrected chi connectivity index (χ3v) is 8.50. The Morgan fingerprint density at radius 1 is 0.698 bits per heavy atom. The first-order valence-corrected chi connectivity index (χ1v) is 16.4. The summed E-state index contributed by atoms with van der Waals surface area (Å²) in [7, 11) is 0. The van der Waals surface area contributed by atoms with Crippen LogP contribution in [0, 0.1) is 27.7 Å². The molecule has 1 heterocycles. The highest BCUT2D eigenvalue weighted by atomic mass is 16.5. The Labute approximate surface area is 259 Å². The third-order valence-electron chi connectivity index (χ3n) is 8.50. The fourth-order valence-corrected chi connectivity index (χ4v) is 6.19. The molecule has 2 N–H and O–H groups in total. The van der Waals surface area contributed by atoms with E-state index in [0.717, 1.165) is 52.0 Å². The zero-order valence-electron chi connectivity index (χ0n) is 27.0. The van der Waals surface area contributed by atoms with E-state index in [0.29, 0.717) is 12.4 Å². The van der Waals surface area contributed by atoms with Crippen LogP contribution in [0.4, 0.5) is 4.79 Å². The van der Waals surface area contributed by atoms with Gasteiger partial charge in [-0.1, -0.05) is 137 Å². The predicted molar refractivity (Wildman–Crippen MR) is 179 cm³/mol. The summed E-state index contributed by atoms with van der Waals surface area (Å²) < 4.78 is 6.46. The van der Waals surface area contributed by atoms with Crippen molar-refractivity contribution in [3.05, 3.63) is 99.6 Å². The molecule has 0 fully saturated rings. The molecule has 3 aromatic carbocycles. The molecule has 1 aliphatic heterocycles. The molecule has 0 aliphatic carbocycles. The smallest absolute Gasteiger partial charge is 0.322 e. The molecule has 0 spiro atoms. The van der Waals surface area contributed by atoms with Crippen LogP contribution in [-0.4, -0.2) is 18.5 Å². The number of nitrogens with zero attached hydrogens (tertiary/aromatic N) is 1. The maximum absolute atomic E-state index is 13.4. The van der Waals surface area contributed by atoms with Gasteiger partial charge in [0.05, 0.1) is 6.61 Å². The Morgan fingerprint density at radius 3 is 1.95 bits per heavy atom. The number of para-hydroxylation sites is 1. The van der Waals surface area contributed by atoms with E-state index in [2.05, 4.69) is 75.6 Å². The molecule has 5 nitrogen and oxygen atoms in total. The Bertz CT molecular complexity index is 1400. The van der Waals surface area contributed by atoms with Crippen LogP contribution in [0.2, 0.25) is 0 Å². The van der Waals surface area contributed by atoms with Gasteiger partial charge in [0.25, 0.3) is 0 Å². The molecule has 0 bridgehead atoms. The van der Waals surface area contributed by atoms with E-state index in [-0.39, 0.29) is 6.03 Å². The number of ether oxygens (including phenoxy) is 1. The van der Waals surface area contributed by atoms with Crippen LogP contribution in [0.3, 0.4) is 0 Å². The van der Waals surface area contributed by atoms with E-state index in [1.54, 1.807) is 0 Å². The van der Waals surface area contributed by atoms with Crippen LogP contribution >= 0.6 is 0 Å². The second-order valence-corrected chi connectivity index (χ2v) is 12.3. The van der Waals surface area contributed by atoms with Gasteiger partial charge in [0.1, 0.15) is 11.6 Å². The first-order chi connectivity index (χ1) is 20.8. The van der Waals surface area contributed by atoms with E-state index in [1.807, 2.05) is 30.3 Å². The highest BCUT2D eigenvalue weighted by molar-refractivity contribution is 6.10. The SMILES string of the molecule is CCCCCCCCCCCCCOc1ccccc1C1(c2ccc(C)cc2C)N=C(c2ccc(C)cc2C)NC(=O)N1.